The summed E-state index contributed by atoms with van der Waals surface area (Å²) >= 11 is 7.60. The van der Waals surface area contributed by atoms with E-state index in [4.69, 9.17) is 16.3 Å². The van der Waals surface area contributed by atoms with E-state index < -0.39 is 0 Å². The van der Waals surface area contributed by atoms with Gasteiger partial charge >= 0.3 is 5.97 Å². The van der Waals surface area contributed by atoms with Gasteiger partial charge in [-0.15, -0.1) is 11.3 Å². The molecule has 0 saturated heterocycles. The van der Waals surface area contributed by atoms with Crippen LogP contribution in [0.25, 0.3) is 21.8 Å². The number of hydrogen-bond donors (Lipinski definition) is 1. The second-order valence-electron chi connectivity index (χ2n) is 5.18. The first-order valence-corrected chi connectivity index (χ1v) is 8.21. The highest BCUT2D eigenvalue weighted by Gasteiger charge is 2.14. The van der Waals surface area contributed by atoms with Crippen LogP contribution in [0.5, 0.6) is 5.75 Å². The fourth-order valence-electron chi connectivity index (χ4n) is 2.58. The Morgan fingerprint density at radius 1 is 1.35 bits per heavy atom. The first-order valence-electron chi connectivity index (χ1n) is 6.96. The maximum atomic E-state index is 12.1. The second kappa shape index (κ2) is 5.37. The van der Waals surface area contributed by atoms with Gasteiger partial charge < -0.3 is 9.72 Å². The van der Waals surface area contributed by atoms with Crippen LogP contribution in [0.15, 0.2) is 41.9 Å². The van der Waals surface area contributed by atoms with Crippen molar-refractivity contribution in [1.82, 2.24) is 9.97 Å². The number of carbonyl (C=O) groups is 1. The molecule has 4 rings (SSSR count). The fraction of sp³-hybridized carbons (Fsp3) is 0.0588. The van der Waals surface area contributed by atoms with E-state index in [9.17, 15) is 4.79 Å². The van der Waals surface area contributed by atoms with Crippen LogP contribution < -0.4 is 4.74 Å². The smallest absolute Gasteiger partial charge is 0.353 e. The topological polar surface area (TPSA) is 55.0 Å². The van der Waals surface area contributed by atoms with Gasteiger partial charge in [-0.2, -0.15) is 0 Å². The van der Waals surface area contributed by atoms with E-state index in [0.717, 1.165) is 27.4 Å². The average Bonchev–Trinajstić information content (AvgIpc) is 3.18. The summed E-state index contributed by atoms with van der Waals surface area (Å²) in [6.07, 6.45) is 1.73. The third-order valence-electron chi connectivity index (χ3n) is 3.68. The number of aryl methyl sites for hydroxylation is 1. The number of H-pyrrole nitrogens is 1. The van der Waals surface area contributed by atoms with Gasteiger partial charge in [-0.25, -0.2) is 9.78 Å². The molecule has 1 N–H and O–H groups in total. The zero-order chi connectivity index (χ0) is 16.0. The number of nitrogens with one attached hydrogen (secondary N) is 1. The Bertz CT molecular complexity index is 1040. The van der Waals surface area contributed by atoms with Crippen LogP contribution in [0.2, 0.25) is 5.15 Å². The summed E-state index contributed by atoms with van der Waals surface area (Å²) in [6.45, 7) is 1.97. The van der Waals surface area contributed by atoms with Crippen molar-refractivity contribution in [3.05, 3.63) is 57.5 Å². The minimum Gasteiger partial charge on any atom is -0.422 e. The van der Waals surface area contributed by atoms with Crippen molar-refractivity contribution in [2.24, 2.45) is 0 Å². The van der Waals surface area contributed by atoms with Crippen molar-refractivity contribution in [2.45, 2.75) is 6.92 Å². The van der Waals surface area contributed by atoms with Crippen molar-refractivity contribution in [2.75, 3.05) is 0 Å². The largest absolute Gasteiger partial charge is 0.422 e. The summed E-state index contributed by atoms with van der Waals surface area (Å²) in [6, 6.07) is 9.01. The predicted molar refractivity (Wildman–Crippen MR) is 92.6 cm³/mol. The monoisotopic (exact) mass is 342 g/mol. The Labute approximate surface area is 140 Å². The number of pyridine rings is 1. The van der Waals surface area contributed by atoms with Gasteiger partial charge in [-0.05, 0) is 42.1 Å². The Hall–Kier alpha value is -2.37. The molecular weight excluding hydrogens is 332 g/mol. The molecule has 114 valence electrons. The Morgan fingerprint density at radius 2 is 2.22 bits per heavy atom. The lowest BCUT2D eigenvalue weighted by Crippen LogP contribution is -2.05. The third kappa shape index (κ3) is 2.38. The van der Waals surface area contributed by atoms with Crippen LogP contribution in [0, 0.1) is 6.92 Å². The Balaban J connectivity index is 1.82. The molecule has 4 aromatic rings. The van der Waals surface area contributed by atoms with E-state index >= 15 is 0 Å². The minimum absolute atomic E-state index is 0.361. The highest BCUT2D eigenvalue weighted by atomic mass is 35.5. The van der Waals surface area contributed by atoms with Crippen LogP contribution in [0.3, 0.4) is 0 Å². The highest BCUT2D eigenvalue weighted by Crippen LogP contribution is 2.34. The van der Waals surface area contributed by atoms with Gasteiger partial charge in [0, 0.05) is 22.5 Å². The van der Waals surface area contributed by atoms with Crippen LogP contribution in [0.4, 0.5) is 0 Å². The number of halogens is 1. The molecule has 0 fully saturated rings. The lowest BCUT2D eigenvalue weighted by molar-refractivity contribution is 0.0740. The molecule has 6 heteroatoms. The summed E-state index contributed by atoms with van der Waals surface area (Å²) < 4.78 is 5.45. The van der Waals surface area contributed by atoms with Crippen molar-refractivity contribution < 1.29 is 9.53 Å². The van der Waals surface area contributed by atoms with Crippen LogP contribution in [0.1, 0.15) is 15.2 Å². The van der Waals surface area contributed by atoms with Crippen LogP contribution in [-0.2, 0) is 0 Å². The third-order valence-corrected chi connectivity index (χ3v) is 4.81. The molecule has 0 spiro atoms. The summed E-state index contributed by atoms with van der Waals surface area (Å²) in [7, 11) is 0. The van der Waals surface area contributed by atoms with Crippen LogP contribution in [-0.4, -0.2) is 15.9 Å². The van der Waals surface area contributed by atoms with Crippen molar-refractivity contribution in [1.29, 1.82) is 0 Å². The molecule has 1 aromatic carbocycles. The number of ether oxygens (including phenoxy) is 1. The lowest BCUT2D eigenvalue weighted by Gasteiger charge is -2.03. The molecule has 0 atom stereocenters. The predicted octanol–water partition coefficient (Wildman–Crippen LogP) is 4.96. The zero-order valence-electron chi connectivity index (χ0n) is 12.1. The van der Waals surface area contributed by atoms with Gasteiger partial charge in [0.25, 0.3) is 0 Å². The molecule has 0 aliphatic rings. The van der Waals surface area contributed by atoms with Crippen molar-refractivity contribution in [3.8, 4) is 5.75 Å². The fourth-order valence-corrected chi connectivity index (χ4v) is 3.42. The number of aromatic amines is 1. The average molecular weight is 343 g/mol. The normalized spacial score (nSPS) is 11.2. The van der Waals surface area contributed by atoms with Gasteiger partial charge in [0.05, 0.1) is 5.52 Å². The number of rotatable bonds is 2. The van der Waals surface area contributed by atoms with E-state index in [1.165, 1.54) is 11.3 Å². The number of nitrogens with zero attached hydrogens (tertiary/aromatic N) is 1. The maximum Gasteiger partial charge on any atom is 0.353 e. The number of aromatic nitrogens is 2. The van der Waals surface area contributed by atoms with Gasteiger partial charge in [0.2, 0.25) is 0 Å². The molecule has 0 aliphatic carbocycles. The Kier molecular flexibility index (Phi) is 3.32. The number of carbonyl (C=O) groups excluding carboxylic acids is 1. The van der Waals surface area contributed by atoms with E-state index in [1.807, 2.05) is 30.5 Å². The van der Waals surface area contributed by atoms with Gasteiger partial charge in [0.15, 0.2) is 0 Å². The first-order chi connectivity index (χ1) is 11.1. The molecule has 0 unspecified atom stereocenters. The molecule has 23 heavy (non-hydrogen) atoms. The van der Waals surface area contributed by atoms with Gasteiger partial charge in [-0.1, -0.05) is 17.7 Å². The number of thiophene rings is 1. The standard InChI is InChI=1S/C17H11ClN2O2S/c1-9-8-19-16(18)14-11-7-10(4-5-12(11)20-15(9)14)22-17(21)13-3-2-6-23-13/h2-8,20H,1H3. The first kappa shape index (κ1) is 14.2. The second-order valence-corrected chi connectivity index (χ2v) is 6.49. The molecule has 0 aliphatic heterocycles. The van der Waals surface area contributed by atoms with E-state index in [0.29, 0.717) is 15.8 Å². The molecule has 4 nitrogen and oxygen atoms in total. The summed E-state index contributed by atoms with van der Waals surface area (Å²) in [5.41, 5.74) is 2.88. The minimum atomic E-state index is -0.361. The van der Waals surface area contributed by atoms with Crippen LogP contribution >= 0.6 is 22.9 Å². The number of benzene rings is 1. The highest BCUT2D eigenvalue weighted by molar-refractivity contribution is 7.12. The molecule has 0 radical (unpaired) electrons. The summed E-state index contributed by atoms with van der Waals surface area (Å²) in [5, 5.41) is 4.00. The Morgan fingerprint density at radius 3 is 3.00 bits per heavy atom. The lowest BCUT2D eigenvalue weighted by atomic mass is 10.1. The van der Waals surface area contributed by atoms with E-state index in [1.54, 1.807) is 18.3 Å². The zero-order valence-corrected chi connectivity index (χ0v) is 13.7. The molecule has 0 amide bonds. The molecule has 0 bridgehead atoms. The van der Waals surface area contributed by atoms with E-state index in [2.05, 4.69) is 9.97 Å². The summed E-state index contributed by atoms with van der Waals surface area (Å²) in [4.78, 5) is 20.2. The molecular formula is C17H11ClN2O2S. The quantitative estimate of drug-likeness (QED) is 0.318. The number of hydrogen-bond acceptors (Lipinski definition) is 4. The van der Waals surface area contributed by atoms with Crippen molar-refractivity contribution in [3.63, 3.8) is 0 Å². The maximum absolute atomic E-state index is 12.1. The summed E-state index contributed by atoms with van der Waals surface area (Å²) in [5.74, 6) is 0.119. The SMILES string of the molecule is Cc1cnc(Cl)c2c1[nH]c1ccc(OC(=O)c3cccs3)cc12. The van der Waals surface area contributed by atoms with Gasteiger partial charge in [-0.3, -0.25) is 0 Å². The van der Waals surface area contributed by atoms with Gasteiger partial charge in [0.1, 0.15) is 15.8 Å². The molecule has 3 heterocycles. The van der Waals surface area contributed by atoms with Crippen molar-refractivity contribution >= 4 is 50.7 Å². The molecule has 3 aromatic heterocycles. The van der Waals surface area contributed by atoms with E-state index in [-0.39, 0.29) is 5.97 Å². The molecule has 0 saturated carbocycles. The number of fused-ring (bicyclic) bond motifs is 3. The number of esters is 1.